The molecule has 144 valence electrons. The minimum Gasteiger partial charge on any atom is -0.493 e. The molecule has 2 aromatic rings. The van der Waals surface area contributed by atoms with Gasteiger partial charge in [0.25, 0.3) is 0 Å². The first-order chi connectivity index (χ1) is 12.8. The monoisotopic (exact) mass is 393 g/mol. The minimum atomic E-state index is -0.606. The molecule has 1 aromatic heterocycles. The van der Waals surface area contributed by atoms with Crippen molar-refractivity contribution in [3.63, 3.8) is 0 Å². The zero-order chi connectivity index (χ0) is 20.0. The van der Waals surface area contributed by atoms with Gasteiger partial charge in [0.1, 0.15) is 0 Å². The highest BCUT2D eigenvalue weighted by Gasteiger charge is 2.13. The van der Waals surface area contributed by atoms with E-state index in [1.54, 1.807) is 12.1 Å². The second-order valence-electron chi connectivity index (χ2n) is 5.61. The number of benzene rings is 1. The van der Waals surface area contributed by atoms with Gasteiger partial charge in [0.2, 0.25) is 11.9 Å². The fourth-order valence-electron chi connectivity index (χ4n) is 2.06. The van der Waals surface area contributed by atoms with E-state index in [4.69, 9.17) is 37.3 Å². The Bertz CT molecular complexity index is 837. The number of anilines is 2. The summed E-state index contributed by atoms with van der Waals surface area (Å²) in [5, 5.41) is 0.368. The Labute approximate surface area is 161 Å². The van der Waals surface area contributed by atoms with Crippen molar-refractivity contribution in [1.82, 2.24) is 15.0 Å². The average molecular weight is 394 g/mol. The third kappa shape index (κ3) is 6.00. The summed E-state index contributed by atoms with van der Waals surface area (Å²) in [7, 11) is 1.51. The second kappa shape index (κ2) is 9.04. The van der Waals surface area contributed by atoms with Gasteiger partial charge in [0.15, 0.2) is 23.9 Å². The lowest BCUT2D eigenvalue weighted by molar-refractivity contribution is -0.139. The third-order valence-electron chi connectivity index (χ3n) is 3.08. The zero-order valence-corrected chi connectivity index (χ0v) is 15.9. The summed E-state index contributed by atoms with van der Waals surface area (Å²) in [6, 6.07) is 3.35. The molecule has 2 rings (SSSR count). The number of carbonyl (C=O) groups is 1. The van der Waals surface area contributed by atoms with E-state index < -0.39 is 5.97 Å². The van der Waals surface area contributed by atoms with E-state index in [1.165, 1.54) is 19.3 Å². The molecule has 0 radical (unpaired) electrons. The fraction of sp³-hybridized carbons (Fsp3) is 0.294. The van der Waals surface area contributed by atoms with E-state index in [2.05, 4.69) is 15.0 Å². The van der Waals surface area contributed by atoms with Crippen LogP contribution in [-0.4, -0.2) is 34.1 Å². The highest BCUT2D eigenvalue weighted by Crippen LogP contribution is 2.37. The molecule has 0 fully saturated rings. The molecule has 0 saturated carbocycles. The van der Waals surface area contributed by atoms with Crippen LogP contribution in [0.3, 0.4) is 0 Å². The van der Waals surface area contributed by atoms with Crippen molar-refractivity contribution in [1.29, 1.82) is 0 Å². The summed E-state index contributed by atoms with van der Waals surface area (Å²) in [4.78, 5) is 23.1. The summed E-state index contributed by atoms with van der Waals surface area (Å²) < 4.78 is 16.0. The minimum absolute atomic E-state index is 0.0467. The Hall–Kier alpha value is -3.07. The molecule has 27 heavy (non-hydrogen) atoms. The summed E-state index contributed by atoms with van der Waals surface area (Å²) in [6.45, 7) is 3.58. The largest absolute Gasteiger partial charge is 0.493 e. The molecule has 1 aromatic carbocycles. The molecule has 10 heteroatoms. The maximum atomic E-state index is 11.9. The molecular weight excluding hydrogens is 374 g/mol. The topological polar surface area (TPSA) is 135 Å². The normalized spacial score (nSPS) is 11.0. The van der Waals surface area contributed by atoms with Crippen molar-refractivity contribution in [2.75, 3.05) is 18.6 Å². The Kier molecular flexibility index (Phi) is 6.78. The van der Waals surface area contributed by atoms with Crippen LogP contribution in [0.15, 0.2) is 18.2 Å². The quantitative estimate of drug-likeness (QED) is 0.536. The first-order valence-electron chi connectivity index (χ1n) is 7.93. The van der Waals surface area contributed by atoms with Crippen LogP contribution in [-0.2, 0) is 16.1 Å². The first-order valence-corrected chi connectivity index (χ1v) is 8.31. The highest BCUT2D eigenvalue weighted by atomic mass is 35.5. The molecular formula is C17H20ClN5O4. The number of methoxy groups -OCH3 is 1. The van der Waals surface area contributed by atoms with Crippen LogP contribution in [0.25, 0.3) is 6.08 Å². The van der Waals surface area contributed by atoms with E-state index >= 15 is 0 Å². The van der Waals surface area contributed by atoms with E-state index in [0.717, 1.165) is 0 Å². The second-order valence-corrected chi connectivity index (χ2v) is 6.02. The van der Waals surface area contributed by atoms with Crippen LogP contribution in [0.4, 0.5) is 11.9 Å². The van der Waals surface area contributed by atoms with Crippen LogP contribution < -0.4 is 20.9 Å². The molecule has 9 nitrogen and oxygen atoms in total. The SMILES string of the molecule is COc1cc(/C=C/C(=O)OCc2nc(N)nc(N)n2)cc(Cl)c1OC(C)C. The number of nitrogens with zero attached hydrogens (tertiary/aromatic N) is 3. The van der Waals surface area contributed by atoms with Crippen LogP contribution in [0.1, 0.15) is 25.2 Å². The number of hydrogen-bond donors (Lipinski definition) is 2. The van der Waals surface area contributed by atoms with E-state index in [0.29, 0.717) is 22.1 Å². The standard InChI is InChI=1S/C17H20ClN5O4/c1-9(2)27-15-11(18)6-10(7-12(15)25-3)4-5-14(24)26-8-13-21-16(19)23-17(20)22-13/h4-7,9H,8H2,1-3H3,(H4,19,20,21,22,23)/b5-4+. The van der Waals surface area contributed by atoms with Gasteiger partial charge in [-0.3, -0.25) is 0 Å². The van der Waals surface area contributed by atoms with E-state index in [1.807, 2.05) is 13.8 Å². The molecule has 0 bridgehead atoms. The molecule has 0 amide bonds. The summed E-state index contributed by atoms with van der Waals surface area (Å²) in [5.41, 5.74) is 11.5. The van der Waals surface area contributed by atoms with Gasteiger partial charge in [-0.25, -0.2) is 4.79 Å². The Morgan fingerprint density at radius 3 is 2.48 bits per heavy atom. The number of halogens is 1. The van der Waals surface area contributed by atoms with Crippen molar-refractivity contribution in [2.45, 2.75) is 26.6 Å². The number of nitrogen functional groups attached to an aromatic ring is 2. The highest BCUT2D eigenvalue weighted by molar-refractivity contribution is 6.32. The number of hydrogen-bond acceptors (Lipinski definition) is 9. The maximum Gasteiger partial charge on any atom is 0.331 e. The van der Waals surface area contributed by atoms with E-state index in [-0.39, 0.29) is 30.4 Å². The van der Waals surface area contributed by atoms with Crippen LogP contribution >= 0.6 is 11.6 Å². The van der Waals surface area contributed by atoms with Crippen molar-refractivity contribution >= 4 is 35.5 Å². The Balaban J connectivity index is 2.05. The number of nitrogens with two attached hydrogens (primary N) is 2. The zero-order valence-electron chi connectivity index (χ0n) is 15.1. The molecule has 0 aliphatic carbocycles. The average Bonchev–Trinajstić information content (AvgIpc) is 2.59. The van der Waals surface area contributed by atoms with E-state index in [9.17, 15) is 4.79 Å². The molecule has 0 aliphatic heterocycles. The van der Waals surface area contributed by atoms with Gasteiger partial charge in [0.05, 0.1) is 18.2 Å². The lowest BCUT2D eigenvalue weighted by atomic mass is 10.2. The van der Waals surface area contributed by atoms with Crippen LogP contribution in [0.2, 0.25) is 5.02 Å². The first kappa shape index (κ1) is 20.2. The summed E-state index contributed by atoms with van der Waals surface area (Å²) in [6.07, 6.45) is 2.71. The molecule has 0 unspecified atom stereocenters. The van der Waals surface area contributed by atoms with Gasteiger partial charge >= 0.3 is 5.97 Å². The number of rotatable bonds is 7. The lowest BCUT2D eigenvalue weighted by Gasteiger charge is -2.15. The predicted molar refractivity (Wildman–Crippen MR) is 101 cm³/mol. The summed E-state index contributed by atoms with van der Waals surface area (Å²) in [5.74, 6) is 0.357. The van der Waals surface area contributed by atoms with Gasteiger partial charge in [-0.2, -0.15) is 15.0 Å². The van der Waals surface area contributed by atoms with Gasteiger partial charge in [-0.1, -0.05) is 11.6 Å². The van der Waals surface area contributed by atoms with Crippen LogP contribution in [0.5, 0.6) is 11.5 Å². The maximum absolute atomic E-state index is 11.9. The van der Waals surface area contributed by atoms with Crippen LogP contribution in [0, 0.1) is 0 Å². The van der Waals surface area contributed by atoms with Gasteiger partial charge < -0.3 is 25.7 Å². The number of aromatic nitrogens is 3. The molecule has 0 saturated heterocycles. The Morgan fingerprint density at radius 1 is 1.22 bits per heavy atom. The van der Waals surface area contributed by atoms with Gasteiger partial charge in [0, 0.05) is 6.08 Å². The molecule has 0 spiro atoms. The number of esters is 1. The molecule has 4 N–H and O–H groups in total. The fourth-order valence-corrected chi connectivity index (χ4v) is 2.32. The number of carbonyl (C=O) groups excluding carboxylic acids is 1. The van der Waals surface area contributed by atoms with Crippen molar-refractivity contribution < 1.29 is 19.0 Å². The molecule has 1 heterocycles. The van der Waals surface area contributed by atoms with Gasteiger partial charge in [-0.05, 0) is 37.6 Å². The van der Waals surface area contributed by atoms with Crippen molar-refractivity contribution in [3.05, 3.63) is 34.6 Å². The lowest BCUT2D eigenvalue weighted by Crippen LogP contribution is -2.09. The number of ether oxygens (including phenoxy) is 3. The Morgan fingerprint density at radius 2 is 1.89 bits per heavy atom. The molecule has 0 aliphatic rings. The third-order valence-corrected chi connectivity index (χ3v) is 3.36. The van der Waals surface area contributed by atoms with Crippen molar-refractivity contribution in [2.24, 2.45) is 0 Å². The van der Waals surface area contributed by atoms with Crippen molar-refractivity contribution in [3.8, 4) is 11.5 Å². The predicted octanol–water partition coefficient (Wildman–Crippen LogP) is 2.24. The summed E-state index contributed by atoms with van der Waals surface area (Å²) >= 11 is 6.24. The smallest absolute Gasteiger partial charge is 0.331 e. The van der Waals surface area contributed by atoms with Gasteiger partial charge in [-0.15, -0.1) is 0 Å². The molecule has 0 atom stereocenters.